The average Bonchev–Trinajstić information content (AvgIpc) is 3.57. The molecule has 1 aromatic heterocycles. The van der Waals surface area contributed by atoms with Gasteiger partial charge in [-0.3, -0.25) is 5.01 Å². The highest BCUT2D eigenvalue weighted by Gasteiger charge is 2.31. The van der Waals surface area contributed by atoms with Crippen LogP contribution in [0.2, 0.25) is 0 Å². The Balaban J connectivity index is 1.60. The maximum atomic E-state index is 13.1. The van der Waals surface area contributed by atoms with Gasteiger partial charge in [0.25, 0.3) is 0 Å². The highest BCUT2D eigenvalue weighted by atomic mass is 19.4. The molecule has 1 aliphatic heterocycles. The van der Waals surface area contributed by atoms with Crippen LogP contribution in [0.3, 0.4) is 0 Å². The number of aromatic carboxylic acids is 1. The van der Waals surface area contributed by atoms with Gasteiger partial charge in [0.2, 0.25) is 0 Å². The number of nitrogens with one attached hydrogen (secondary N) is 2. The largest absolute Gasteiger partial charge is 0.478 e. The zero-order valence-corrected chi connectivity index (χ0v) is 16.6. The number of fused-ring (bicyclic) bond motifs is 3. The normalized spacial score (nSPS) is 15.7. The van der Waals surface area contributed by atoms with E-state index >= 15 is 0 Å². The van der Waals surface area contributed by atoms with Gasteiger partial charge in [-0.1, -0.05) is 12.1 Å². The molecule has 0 unspecified atom stereocenters. The van der Waals surface area contributed by atoms with E-state index in [-0.39, 0.29) is 17.1 Å². The molecule has 7 nitrogen and oxygen atoms in total. The number of carboxylic acids is 1. The lowest BCUT2D eigenvalue weighted by Crippen LogP contribution is -2.39. The molecule has 2 aliphatic rings. The molecule has 0 saturated heterocycles. The number of benzene rings is 2. The quantitative estimate of drug-likeness (QED) is 0.525. The summed E-state index contributed by atoms with van der Waals surface area (Å²) < 4.78 is 39.4. The van der Waals surface area contributed by atoms with Gasteiger partial charge in [0.05, 0.1) is 23.2 Å². The molecule has 0 bridgehead atoms. The van der Waals surface area contributed by atoms with Crippen molar-refractivity contribution in [3.63, 3.8) is 0 Å². The molecule has 1 saturated carbocycles. The zero-order chi connectivity index (χ0) is 22.5. The first-order chi connectivity index (χ1) is 15.3. The molecule has 10 heteroatoms. The fourth-order valence-electron chi connectivity index (χ4n) is 3.62. The van der Waals surface area contributed by atoms with Crippen LogP contribution in [0.15, 0.2) is 47.5 Å². The van der Waals surface area contributed by atoms with E-state index in [4.69, 9.17) is 0 Å². The number of hydrazine groups is 1. The number of rotatable bonds is 5. The van der Waals surface area contributed by atoms with E-state index in [2.05, 4.69) is 20.7 Å². The summed E-state index contributed by atoms with van der Waals surface area (Å²) >= 11 is 0. The predicted molar refractivity (Wildman–Crippen MR) is 113 cm³/mol. The number of hydrogen-bond acceptors (Lipinski definition) is 6. The van der Waals surface area contributed by atoms with Crippen LogP contribution in [0, 0.1) is 0 Å². The van der Waals surface area contributed by atoms with Crippen LogP contribution in [0.1, 0.15) is 34.3 Å². The lowest BCUT2D eigenvalue weighted by Gasteiger charge is -2.27. The molecule has 1 aliphatic carbocycles. The summed E-state index contributed by atoms with van der Waals surface area (Å²) in [7, 11) is 0. The van der Waals surface area contributed by atoms with Crippen LogP contribution in [-0.2, 0) is 12.7 Å². The molecule has 0 radical (unpaired) electrons. The summed E-state index contributed by atoms with van der Waals surface area (Å²) in [6.45, 7) is 0.456. The number of hydrogen-bond donors (Lipinski definition) is 3. The maximum absolute atomic E-state index is 13.1. The van der Waals surface area contributed by atoms with Crippen molar-refractivity contribution in [1.82, 2.24) is 15.4 Å². The second-order valence-corrected chi connectivity index (χ2v) is 7.80. The molecule has 0 spiro atoms. The number of aliphatic imine (C=N–C) groups is 1. The zero-order valence-electron chi connectivity index (χ0n) is 16.6. The lowest BCUT2D eigenvalue weighted by molar-refractivity contribution is -0.137. The molecule has 5 rings (SSSR count). The molecule has 2 aromatic carbocycles. The van der Waals surface area contributed by atoms with Crippen LogP contribution in [0.4, 0.5) is 30.4 Å². The second-order valence-electron chi connectivity index (χ2n) is 7.80. The van der Waals surface area contributed by atoms with Crippen LogP contribution in [0.25, 0.3) is 10.9 Å². The van der Waals surface area contributed by atoms with Crippen molar-refractivity contribution in [2.75, 3.05) is 5.32 Å². The van der Waals surface area contributed by atoms with Crippen LogP contribution >= 0.6 is 0 Å². The van der Waals surface area contributed by atoms with Crippen molar-refractivity contribution in [1.29, 1.82) is 0 Å². The van der Waals surface area contributed by atoms with E-state index in [1.54, 1.807) is 12.4 Å². The minimum absolute atomic E-state index is 0.0715. The lowest BCUT2D eigenvalue weighted by atomic mass is 10.0. The summed E-state index contributed by atoms with van der Waals surface area (Å²) in [4.78, 5) is 20.4. The highest BCUT2D eigenvalue weighted by Crippen LogP contribution is 2.39. The summed E-state index contributed by atoms with van der Waals surface area (Å²) in [6.07, 6.45) is -0.675. The van der Waals surface area contributed by atoms with Crippen LogP contribution < -0.4 is 10.7 Å². The summed E-state index contributed by atoms with van der Waals surface area (Å²) in [5.74, 6) is -0.828. The van der Waals surface area contributed by atoms with Crippen molar-refractivity contribution in [2.45, 2.75) is 31.6 Å². The Labute approximate surface area is 180 Å². The second kappa shape index (κ2) is 7.49. The number of anilines is 2. The molecule has 32 heavy (non-hydrogen) atoms. The number of alkyl halides is 3. The molecule has 3 N–H and O–H groups in total. The van der Waals surface area contributed by atoms with Crippen molar-refractivity contribution < 1.29 is 23.1 Å². The van der Waals surface area contributed by atoms with Gasteiger partial charge >= 0.3 is 12.1 Å². The number of carbonyl (C=O) groups is 1. The summed E-state index contributed by atoms with van der Waals surface area (Å²) in [6, 6.07) is 9.86. The number of nitrogens with zero attached hydrogens (tertiary/aromatic N) is 3. The van der Waals surface area contributed by atoms with E-state index in [0.717, 1.165) is 35.9 Å². The SMILES string of the molecule is O=C(O)c1ccc2c3c(c(Nc4cccc(C(F)(F)F)c4)nc2c1)N=CN(NC1CC1)C3. The molecule has 0 amide bonds. The van der Waals surface area contributed by atoms with Gasteiger partial charge in [0.15, 0.2) is 5.82 Å². The van der Waals surface area contributed by atoms with Crippen molar-refractivity contribution in [3.05, 3.63) is 59.2 Å². The van der Waals surface area contributed by atoms with Gasteiger partial charge in [-0.25, -0.2) is 20.2 Å². The van der Waals surface area contributed by atoms with Crippen molar-refractivity contribution >= 4 is 40.4 Å². The van der Waals surface area contributed by atoms with Gasteiger partial charge in [-0.2, -0.15) is 13.2 Å². The first kappa shape index (κ1) is 20.3. The first-order valence-electron chi connectivity index (χ1n) is 9.99. The molecular weight excluding hydrogens is 423 g/mol. The van der Waals surface area contributed by atoms with E-state index < -0.39 is 17.7 Å². The highest BCUT2D eigenvalue weighted by molar-refractivity contribution is 5.98. The average molecular weight is 441 g/mol. The molecule has 164 valence electrons. The van der Waals surface area contributed by atoms with Gasteiger partial charge in [-0.05, 0) is 43.2 Å². The number of pyridine rings is 1. The van der Waals surface area contributed by atoms with E-state index in [9.17, 15) is 23.1 Å². The van der Waals surface area contributed by atoms with Crippen molar-refractivity contribution in [2.24, 2.45) is 4.99 Å². The Morgan fingerprint density at radius 1 is 1.16 bits per heavy atom. The third-order valence-corrected chi connectivity index (χ3v) is 5.35. The van der Waals surface area contributed by atoms with Gasteiger partial charge in [0.1, 0.15) is 12.0 Å². The predicted octanol–water partition coefficient (Wildman–Crippen LogP) is 4.84. The Morgan fingerprint density at radius 2 is 1.97 bits per heavy atom. The molecule has 2 heterocycles. The molecule has 3 aromatic rings. The number of carboxylic acid groups (broad SMARTS) is 1. The van der Waals surface area contributed by atoms with Gasteiger partial charge in [-0.15, -0.1) is 0 Å². The number of halogens is 3. The van der Waals surface area contributed by atoms with Crippen molar-refractivity contribution in [3.8, 4) is 0 Å². The topological polar surface area (TPSA) is 89.8 Å². The van der Waals surface area contributed by atoms with Crippen LogP contribution in [-0.4, -0.2) is 33.4 Å². The molecule has 0 atom stereocenters. The summed E-state index contributed by atoms with van der Waals surface area (Å²) in [5, 5.41) is 14.9. The smallest absolute Gasteiger partial charge is 0.416 e. The van der Waals surface area contributed by atoms with E-state index in [1.165, 1.54) is 24.3 Å². The van der Waals surface area contributed by atoms with Gasteiger partial charge in [0, 0.05) is 22.7 Å². The molecular formula is C22H18F3N5O2. The maximum Gasteiger partial charge on any atom is 0.416 e. The standard InChI is InChI=1S/C22H18F3N5O2/c23-22(24,25)13-2-1-3-15(9-13)27-20-19-17(10-30(11-26-19)29-14-5-6-14)16-7-4-12(21(31)32)8-18(16)28-20/h1-4,7-9,11,14,29H,5-6,10H2,(H,27,28)(H,31,32). The first-order valence-corrected chi connectivity index (χ1v) is 9.99. The Bertz CT molecular complexity index is 1250. The minimum atomic E-state index is -4.47. The minimum Gasteiger partial charge on any atom is -0.478 e. The van der Waals surface area contributed by atoms with E-state index in [1.807, 2.05) is 5.01 Å². The monoisotopic (exact) mass is 441 g/mol. The Morgan fingerprint density at radius 3 is 2.69 bits per heavy atom. The Hall–Kier alpha value is -3.66. The third-order valence-electron chi connectivity index (χ3n) is 5.35. The Kier molecular flexibility index (Phi) is 4.74. The van der Waals surface area contributed by atoms with Gasteiger partial charge < -0.3 is 10.4 Å². The third kappa shape index (κ3) is 3.96. The fourth-order valence-corrected chi connectivity index (χ4v) is 3.62. The molecule has 1 fully saturated rings. The summed E-state index contributed by atoms with van der Waals surface area (Å²) in [5.41, 5.74) is 4.57. The number of aromatic nitrogens is 1. The fraction of sp³-hybridized carbons (Fsp3) is 0.227. The van der Waals surface area contributed by atoms with Crippen LogP contribution in [0.5, 0.6) is 0 Å². The van der Waals surface area contributed by atoms with E-state index in [0.29, 0.717) is 23.8 Å².